The molecule has 0 bridgehead atoms. The maximum Gasteiger partial charge on any atom is 0.134 e. The first-order chi connectivity index (χ1) is 8.90. The van der Waals surface area contributed by atoms with Gasteiger partial charge in [-0.15, -0.1) is 0 Å². The topological polar surface area (TPSA) is 25.2 Å². The number of benzene rings is 1. The number of fused-ring (bicyclic) bond motifs is 1. The van der Waals surface area contributed by atoms with E-state index in [0.717, 1.165) is 35.8 Å². The maximum absolute atomic E-state index is 5.86. The van der Waals surface area contributed by atoms with Crippen molar-refractivity contribution in [2.75, 3.05) is 0 Å². The van der Waals surface area contributed by atoms with Gasteiger partial charge in [0.1, 0.15) is 11.3 Å². The fraction of sp³-hybridized carbons (Fsp3) is 0.500. The Bertz CT molecular complexity index is 506. The van der Waals surface area contributed by atoms with Crippen LogP contribution in [-0.4, -0.2) is 6.04 Å². The Morgan fingerprint density at radius 1 is 1.11 bits per heavy atom. The monoisotopic (exact) mass is 241 g/mol. The van der Waals surface area contributed by atoms with Crippen molar-refractivity contribution in [1.29, 1.82) is 0 Å². The van der Waals surface area contributed by atoms with E-state index in [-0.39, 0.29) is 0 Å². The standard InChI is InChI=1S/C16H19NO/c1-2-4-15-13(3-1)9-14(18-15)10-17-16(11-5-6-11)12-7-8-12/h1-4,9,11-12,16-17H,5-8,10H2. The van der Waals surface area contributed by atoms with Gasteiger partial charge in [0, 0.05) is 11.4 Å². The van der Waals surface area contributed by atoms with Gasteiger partial charge >= 0.3 is 0 Å². The van der Waals surface area contributed by atoms with E-state index in [9.17, 15) is 0 Å². The maximum atomic E-state index is 5.86. The Morgan fingerprint density at radius 3 is 2.50 bits per heavy atom. The van der Waals surface area contributed by atoms with Crippen LogP contribution in [0.1, 0.15) is 31.4 Å². The van der Waals surface area contributed by atoms with Gasteiger partial charge in [0.2, 0.25) is 0 Å². The fourth-order valence-corrected chi connectivity index (χ4v) is 2.97. The molecule has 0 spiro atoms. The van der Waals surface area contributed by atoms with Gasteiger partial charge in [-0.05, 0) is 49.7 Å². The van der Waals surface area contributed by atoms with Crippen molar-refractivity contribution >= 4 is 11.0 Å². The molecule has 0 amide bonds. The van der Waals surface area contributed by atoms with E-state index in [1.54, 1.807) is 0 Å². The lowest BCUT2D eigenvalue weighted by molar-refractivity contribution is 0.392. The van der Waals surface area contributed by atoms with Crippen LogP contribution in [0.5, 0.6) is 0 Å². The Morgan fingerprint density at radius 2 is 1.83 bits per heavy atom. The molecule has 1 N–H and O–H groups in total. The smallest absolute Gasteiger partial charge is 0.134 e. The number of para-hydroxylation sites is 1. The van der Waals surface area contributed by atoms with Crippen LogP contribution in [0.15, 0.2) is 34.7 Å². The second kappa shape index (κ2) is 4.13. The fourth-order valence-electron chi connectivity index (χ4n) is 2.97. The molecular weight excluding hydrogens is 222 g/mol. The van der Waals surface area contributed by atoms with E-state index < -0.39 is 0 Å². The van der Waals surface area contributed by atoms with E-state index in [4.69, 9.17) is 4.42 Å². The molecule has 0 radical (unpaired) electrons. The van der Waals surface area contributed by atoms with Crippen molar-refractivity contribution in [1.82, 2.24) is 5.32 Å². The molecule has 2 nitrogen and oxygen atoms in total. The highest BCUT2D eigenvalue weighted by molar-refractivity contribution is 5.77. The van der Waals surface area contributed by atoms with Gasteiger partial charge in [-0.3, -0.25) is 0 Å². The summed E-state index contributed by atoms with van der Waals surface area (Å²) in [5, 5.41) is 4.94. The molecule has 94 valence electrons. The van der Waals surface area contributed by atoms with Crippen molar-refractivity contribution < 1.29 is 4.42 Å². The molecular formula is C16H19NO. The molecule has 2 aliphatic carbocycles. The van der Waals surface area contributed by atoms with Crippen LogP contribution < -0.4 is 5.32 Å². The van der Waals surface area contributed by atoms with Crippen molar-refractivity contribution in [3.63, 3.8) is 0 Å². The molecule has 1 aromatic heterocycles. The first-order valence-electron chi connectivity index (χ1n) is 7.11. The Hall–Kier alpha value is -1.28. The van der Waals surface area contributed by atoms with E-state index in [2.05, 4.69) is 23.5 Å². The van der Waals surface area contributed by atoms with Crippen LogP contribution in [-0.2, 0) is 6.54 Å². The van der Waals surface area contributed by atoms with E-state index in [1.807, 2.05) is 12.1 Å². The second-order valence-electron chi connectivity index (χ2n) is 5.83. The molecule has 0 aliphatic heterocycles. The predicted octanol–water partition coefficient (Wildman–Crippen LogP) is 3.71. The van der Waals surface area contributed by atoms with Crippen LogP contribution in [0.2, 0.25) is 0 Å². The van der Waals surface area contributed by atoms with Crippen molar-refractivity contribution in [2.45, 2.75) is 38.3 Å². The SMILES string of the molecule is c1ccc2oc(CNC(C3CC3)C3CC3)cc2c1. The molecule has 0 unspecified atom stereocenters. The van der Waals surface area contributed by atoms with Gasteiger partial charge in [0.15, 0.2) is 0 Å². The Balaban J connectivity index is 1.46. The zero-order valence-electron chi connectivity index (χ0n) is 10.6. The molecule has 2 saturated carbocycles. The molecule has 0 saturated heterocycles. The first kappa shape index (κ1) is 10.6. The minimum absolute atomic E-state index is 0.748. The zero-order valence-corrected chi connectivity index (χ0v) is 10.6. The largest absolute Gasteiger partial charge is 0.460 e. The molecule has 2 heteroatoms. The average Bonchev–Trinajstić information content (AvgIpc) is 3.28. The molecule has 0 atom stereocenters. The zero-order chi connectivity index (χ0) is 11.9. The predicted molar refractivity (Wildman–Crippen MR) is 72.3 cm³/mol. The number of nitrogens with one attached hydrogen (secondary N) is 1. The summed E-state index contributed by atoms with van der Waals surface area (Å²) in [4.78, 5) is 0. The average molecular weight is 241 g/mol. The summed E-state index contributed by atoms with van der Waals surface area (Å²) in [5.41, 5.74) is 1.00. The molecule has 1 heterocycles. The van der Waals surface area contributed by atoms with Gasteiger partial charge in [0.05, 0.1) is 6.54 Å². The van der Waals surface area contributed by atoms with Crippen LogP contribution in [0.3, 0.4) is 0 Å². The van der Waals surface area contributed by atoms with Gasteiger partial charge in [-0.2, -0.15) is 0 Å². The molecule has 1 aromatic carbocycles. The summed E-state index contributed by atoms with van der Waals surface area (Å²) in [7, 11) is 0. The summed E-state index contributed by atoms with van der Waals surface area (Å²) >= 11 is 0. The minimum Gasteiger partial charge on any atom is -0.460 e. The summed E-state index contributed by atoms with van der Waals surface area (Å²) < 4.78 is 5.86. The lowest BCUT2D eigenvalue weighted by Gasteiger charge is -2.16. The van der Waals surface area contributed by atoms with E-state index in [1.165, 1.54) is 31.1 Å². The second-order valence-corrected chi connectivity index (χ2v) is 5.83. The summed E-state index contributed by atoms with van der Waals surface area (Å²) in [5.74, 6) is 2.96. The van der Waals surface area contributed by atoms with E-state index >= 15 is 0 Å². The molecule has 2 fully saturated rings. The molecule has 4 rings (SSSR count). The number of rotatable bonds is 5. The normalized spacial score (nSPS) is 19.8. The highest BCUT2D eigenvalue weighted by Gasteiger charge is 2.41. The van der Waals surface area contributed by atoms with Crippen LogP contribution in [0.25, 0.3) is 11.0 Å². The van der Waals surface area contributed by atoms with Gasteiger partial charge in [-0.25, -0.2) is 0 Å². The number of furan rings is 1. The quantitative estimate of drug-likeness (QED) is 0.863. The van der Waals surface area contributed by atoms with Crippen molar-refractivity contribution in [2.24, 2.45) is 11.8 Å². The van der Waals surface area contributed by atoms with Gasteiger partial charge < -0.3 is 9.73 Å². The van der Waals surface area contributed by atoms with Gasteiger partial charge in [0.25, 0.3) is 0 Å². The lowest BCUT2D eigenvalue weighted by Crippen LogP contribution is -2.32. The van der Waals surface area contributed by atoms with Crippen molar-refractivity contribution in [3.05, 3.63) is 36.1 Å². The summed E-state index contributed by atoms with van der Waals surface area (Å²) in [6.45, 7) is 0.881. The number of hydrogen-bond acceptors (Lipinski definition) is 2. The van der Waals surface area contributed by atoms with Crippen LogP contribution in [0, 0.1) is 11.8 Å². The summed E-state index contributed by atoms with van der Waals surface area (Å²) in [6, 6.07) is 11.2. The third-order valence-electron chi connectivity index (χ3n) is 4.25. The first-order valence-corrected chi connectivity index (χ1v) is 7.11. The van der Waals surface area contributed by atoms with E-state index in [0.29, 0.717) is 0 Å². The highest BCUT2D eigenvalue weighted by atomic mass is 16.3. The highest BCUT2D eigenvalue weighted by Crippen LogP contribution is 2.44. The molecule has 2 aromatic rings. The van der Waals surface area contributed by atoms with Crippen molar-refractivity contribution in [3.8, 4) is 0 Å². The Kier molecular flexibility index (Phi) is 2.44. The summed E-state index contributed by atoms with van der Waals surface area (Å²) in [6.07, 6.45) is 5.70. The number of hydrogen-bond donors (Lipinski definition) is 1. The minimum atomic E-state index is 0.748. The Labute approximate surface area is 107 Å². The molecule has 18 heavy (non-hydrogen) atoms. The lowest BCUT2D eigenvalue weighted by atomic mass is 10.1. The third kappa shape index (κ3) is 2.05. The third-order valence-corrected chi connectivity index (χ3v) is 4.25. The van der Waals surface area contributed by atoms with Crippen LogP contribution >= 0.6 is 0 Å². The van der Waals surface area contributed by atoms with Gasteiger partial charge in [-0.1, -0.05) is 18.2 Å². The molecule has 2 aliphatic rings. The van der Waals surface area contributed by atoms with Crippen LogP contribution in [0.4, 0.5) is 0 Å².